The number of likely N-dealkylation sites (tertiary alicyclic amines) is 1. The molecule has 3 heteroatoms. The number of hydrogen-bond donors (Lipinski definition) is 1. The van der Waals surface area contributed by atoms with Crippen molar-refractivity contribution < 1.29 is 5.11 Å². The summed E-state index contributed by atoms with van der Waals surface area (Å²) in [6.07, 6.45) is 6.26. The molecule has 1 unspecified atom stereocenters. The van der Waals surface area contributed by atoms with Crippen molar-refractivity contribution in [2.24, 2.45) is 0 Å². The molecule has 0 aromatic heterocycles. The Kier molecular flexibility index (Phi) is 5.76. The molecule has 78 valence electrons. The van der Waals surface area contributed by atoms with E-state index in [0.29, 0.717) is 5.88 Å². The van der Waals surface area contributed by atoms with Crippen molar-refractivity contribution >= 4 is 11.6 Å². The Hall–Kier alpha value is 0.210. The second kappa shape index (κ2) is 6.63. The molecular formula is C10H20ClNO. The first kappa shape index (κ1) is 11.3. The monoisotopic (exact) mass is 205 g/mol. The molecule has 1 aliphatic heterocycles. The zero-order chi connectivity index (χ0) is 9.52. The smallest absolute Gasteiger partial charge is 0.0802 e. The third-order valence-corrected chi connectivity index (χ3v) is 2.95. The average Bonchev–Trinajstić information content (AvgIpc) is 2.09. The molecule has 1 fully saturated rings. The molecule has 0 spiro atoms. The van der Waals surface area contributed by atoms with E-state index in [4.69, 9.17) is 11.6 Å². The molecule has 0 radical (unpaired) electrons. The number of nitrogens with zero attached hydrogens (tertiary/aromatic N) is 1. The first-order valence-electron chi connectivity index (χ1n) is 5.29. The van der Waals surface area contributed by atoms with Crippen LogP contribution >= 0.6 is 11.6 Å². The van der Waals surface area contributed by atoms with Gasteiger partial charge in [0.2, 0.25) is 0 Å². The fourth-order valence-corrected chi connectivity index (χ4v) is 1.94. The third-order valence-electron chi connectivity index (χ3n) is 2.60. The predicted octanol–water partition coefficient (Wildman–Crippen LogP) is 1.85. The van der Waals surface area contributed by atoms with Gasteiger partial charge >= 0.3 is 0 Å². The molecule has 1 N–H and O–H groups in total. The van der Waals surface area contributed by atoms with Crippen LogP contribution in [0.15, 0.2) is 0 Å². The van der Waals surface area contributed by atoms with Gasteiger partial charge in [-0.05, 0) is 25.9 Å². The zero-order valence-corrected chi connectivity index (χ0v) is 8.97. The molecular weight excluding hydrogens is 186 g/mol. The Morgan fingerprint density at radius 1 is 1.08 bits per heavy atom. The first-order valence-corrected chi connectivity index (χ1v) is 5.83. The van der Waals surface area contributed by atoms with Gasteiger partial charge < -0.3 is 10.0 Å². The minimum atomic E-state index is -0.346. The Labute approximate surface area is 85.9 Å². The number of aliphatic hydroxyl groups excluding tert-OH is 1. The number of hydrogen-bond acceptors (Lipinski definition) is 2. The molecule has 2 nitrogen and oxygen atoms in total. The van der Waals surface area contributed by atoms with Crippen LogP contribution in [0.2, 0.25) is 0 Å². The highest BCUT2D eigenvalue weighted by Gasteiger charge is 2.11. The molecule has 1 rings (SSSR count). The average molecular weight is 206 g/mol. The van der Waals surface area contributed by atoms with Crippen LogP contribution < -0.4 is 0 Å². The minimum absolute atomic E-state index is 0.346. The van der Waals surface area contributed by atoms with E-state index >= 15 is 0 Å². The van der Waals surface area contributed by atoms with Crippen molar-refractivity contribution in [3.05, 3.63) is 0 Å². The minimum Gasteiger partial charge on any atom is -0.391 e. The van der Waals surface area contributed by atoms with Crippen LogP contribution in [0, 0.1) is 0 Å². The number of alkyl halides is 1. The van der Waals surface area contributed by atoms with Gasteiger partial charge in [-0.25, -0.2) is 0 Å². The van der Waals surface area contributed by atoms with Crippen LogP contribution in [0.5, 0.6) is 0 Å². The fraction of sp³-hybridized carbons (Fsp3) is 1.00. The second-order valence-corrected chi connectivity index (χ2v) is 4.19. The Morgan fingerprint density at radius 3 is 2.15 bits per heavy atom. The van der Waals surface area contributed by atoms with Crippen LogP contribution in [0.4, 0.5) is 0 Å². The van der Waals surface area contributed by atoms with E-state index in [9.17, 15) is 5.11 Å². The van der Waals surface area contributed by atoms with Crippen molar-refractivity contribution in [2.45, 2.75) is 38.2 Å². The summed E-state index contributed by atoms with van der Waals surface area (Å²) in [7, 11) is 0. The lowest BCUT2D eigenvalue weighted by Crippen LogP contribution is -2.35. The van der Waals surface area contributed by atoms with Gasteiger partial charge in [0.25, 0.3) is 0 Å². The lowest BCUT2D eigenvalue weighted by Gasteiger charge is -2.25. The molecule has 1 atom stereocenters. The zero-order valence-electron chi connectivity index (χ0n) is 8.21. The van der Waals surface area contributed by atoms with Crippen LogP contribution in [-0.4, -0.2) is 41.6 Å². The number of aliphatic hydroxyl groups is 1. The van der Waals surface area contributed by atoms with Crippen LogP contribution in [0.3, 0.4) is 0 Å². The highest BCUT2D eigenvalue weighted by molar-refractivity contribution is 6.18. The van der Waals surface area contributed by atoms with E-state index in [1.54, 1.807) is 0 Å². The number of halogens is 1. The molecule has 0 aromatic rings. The Balaban J connectivity index is 2.21. The number of β-amino-alcohol motifs (C(OH)–C–C–N with tert-alkyl or cyclic N) is 1. The number of rotatable bonds is 3. The van der Waals surface area contributed by atoms with Gasteiger partial charge in [-0.3, -0.25) is 0 Å². The summed E-state index contributed by atoms with van der Waals surface area (Å²) >= 11 is 5.57. The summed E-state index contributed by atoms with van der Waals surface area (Å²) in [5.74, 6) is 0.358. The molecule has 0 aliphatic carbocycles. The van der Waals surface area contributed by atoms with Crippen molar-refractivity contribution in [1.82, 2.24) is 4.90 Å². The van der Waals surface area contributed by atoms with Crippen LogP contribution in [0.1, 0.15) is 32.1 Å². The summed E-state index contributed by atoms with van der Waals surface area (Å²) in [6, 6.07) is 0. The van der Waals surface area contributed by atoms with Gasteiger partial charge in [-0.2, -0.15) is 0 Å². The summed E-state index contributed by atoms with van der Waals surface area (Å²) in [6.45, 7) is 3.02. The van der Waals surface area contributed by atoms with Gasteiger partial charge in [0.15, 0.2) is 0 Å². The van der Waals surface area contributed by atoms with E-state index in [1.807, 2.05) is 0 Å². The largest absolute Gasteiger partial charge is 0.391 e. The highest BCUT2D eigenvalue weighted by atomic mass is 35.5. The standard InChI is InChI=1S/C10H20ClNO/c11-8-10(13)9-12-6-4-2-1-3-5-7-12/h10,13H,1-9H2. The highest BCUT2D eigenvalue weighted by Crippen LogP contribution is 2.10. The van der Waals surface area contributed by atoms with Gasteiger partial charge in [0, 0.05) is 12.4 Å². The van der Waals surface area contributed by atoms with Gasteiger partial charge in [0.1, 0.15) is 0 Å². The molecule has 0 aromatic carbocycles. The lowest BCUT2D eigenvalue weighted by molar-refractivity contribution is 0.123. The fourth-order valence-electron chi connectivity index (χ4n) is 1.84. The van der Waals surface area contributed by atoms with Crippen molar-refractivity contribution in [3.8, 4) is 0 Å². The van der Waals surface area contributed by atoms with Crippen molar-refractivity contribution in [1.29, 1.82) is 0 Å². The predicted molar refractivity (Wildman–Crippen MR) is 56.3 cm³/mol. The van der Waals surface area contributed by atoms with Crippen molar-refractivity contribution in [2.75, 3.05) is 25.5 Å². The molecule has 1 saturated heterocycles. The summed E-state index contributed by atoms with van der Waals surface area (Å²) in [5, 5.41) is 9.40. The molecule has 1 heterocycles. The molecule has 0 saturated carbocycles. The first-order chi connectivity index (χ1) is 6.33. The van der Waals surface area contributed by atoms with Crippen LogP contribution in [0.25, 0.3) is 0 Å². The normalized spacial score (nSPS) is 23.5. The van der Waals surface area contributed by atoms with E-state index < -0.39 is 0 Å². The molecule has 0 amide bonds. The summed E-state index contributed by atoms with van der Waals surface area (Å²) in [4.78, 5) is 2.34. The van der Waals surface area contributed by atoms with Crippen molar-refractivity contribution in [3.63, 3.8) is 0 Å². The topological polar surface area (TPSA) is 23.5 Å². The van der Waals surface area contributed by atoms with Gasteiger partial charge in [-0.15, -0.1) is 11.6 Å². The van der Waals surface area contributed by atoms with E-state index in [1.165, 1.54) is 32.1 Å². The summed E-state index contributed by atoms with van der Waals surface area (Å²) < 4.78 is 0. The molecule has 1 aliphatic rings. The Morgan fingerprint density at radius 2 is 1.62 bits per heavy atom. The maximum atomic E-state index is 9.40. The Bertz CT molecular complexity index is 124. The van der Waals surface area contributed by atoms with Gasteiger partial charge in [0.05, 0.1) is 6.10 Å². The molecule has 0 bridgehead atoms. The quantitative estimate of drug-likeness (QED) is 0.711. The third kappa shape index (κ3) is 4.84. The second-order valence-electron chi connectivity index (χ2n) is 3.88. The summed E-state index contributed by atoms with van der Waals surface area (Å²) in [5.41, 5.74) is 0. The lowest BCUT2D eigenvalue weighted by atomic mass is 10.1. The molecule has 13 heavy (non-hydrogen) atoms. The van der Waals surface area contributed by atoms with Gasteiger partial charge in [-0.1, -0.05) is 19.3 Å². The maximum absolute atomic E-state index is 9.40. The van der Waals surface area contributed by atoms with E-state index in [-0.39, 0.29) is 6.10 Å². The van der Waals surface area contributed by atoms with E-state index in [2.05, 4.69) is 4.90 Å². The maximum Gasteiger partial charge on any atom is 0.0802 e. The van der Waals surface area contributed by atoms with E-state index in [0.717, 1.165) is 19.6 Å². The van der Waals surface area contributed by atoms with Crippen LogP contribution in [-0.2, 0) is 0 Å². The SMILES string of the molecule is OC(CCl)CN1CCCCCCC1.